The highest BCUT2D eigenvalue weighted by Crippen LogP contribution is 2.43. The lowest BCUT2D eigenvalue weighted by molar-refractivity contribution is -0.127. The van der Waals surface area contributed by atoms with E-state index in [1.807, 2.05) is 4.68 Å². The number of hydrogen-bond acceptors (Lipinski definition) is 8. The first-order valence-electron chi connectivity index (χ1n) is 11.8. The number of nitrogens with zero attached hydrogens (tertiary/aromatic N) is 6. The molecule has 0 aliphatic carbocycles. The van der Waals surface area contributed by atoms with Crippen molar-refractivity contribution in [2.75, 3.05) is 50.0 Å². The molecular formula is C24H27ClN8O3. The minimum Gasteiger partial charge on any atom is -0.383 e. The van der Waals surface area contributed by atoms with Crippen LogP contribution >= 0.6 is 11.6 Å². The number of nitrogens with two attached hydrogens (primary N) is 2. The second kappa shape index (κ2) is 9.75. The third-order valence-electron chi connectivity index (χ3n) is 6.71. The molecule has 12 heteroatoms. The van der Waals surface area contributed by atoms with Crippen molar-refractivity contribution in [1.29, 1.82) is 0 Å². The number of fused-ring (bicyclic) bond motifs is 1. The van der Waals surface area contributed by atoms with Crippen LogP contribution in [-0.2, 0) is 9.53 Å². The maximum atomic E-state index is 12.3. The first-order valence-corrected chi connectivity index (χ1v) is 12.1. The molecule has 2 saturated heterocycles. The summed E-state index contributed by atoms with van der Waals surface area (Å²) < 4.78 is 7.34. The number of carbonyl (C=O) groups is 2. The Morgan fingerprint density at radius 1 is 1.19 bits per heavy atom. The number of piperidine rings is 1. The van der Waals surface area contributed by atoms with Gasteiger partial charge in [-0.25, -0.2) is 14.6 Å². The fraction of sp³-hybridized carbons (Fsp3) is 0.375. The van der Waals surface area contributed by atoms with Crippen LogP contribution < -0.4 is 16.4 Å². The number of primary amides is 1. The summed E-state index contributed by atoms with van der Waals surface area (Å²) in [6, 6.07) is 3.27. The van der Waals surface area contributed by atoms with Gasteiger partial charge in [0.1, 0.15) is 17.8 Å². The Bertz CT molecular complexity index is 1350. The number of hydrogen-bond donors (Lipinski definition) is 2. The molecule has 2 aliphatic rings. The van der Waals surface area contributed by atoms with Crippen LogP contribution in [0.5, 0.6) is 0 Å². The fourth-order valence-corrected chi connectivity index (χ4v) is 5.34. The van der Waals surface area contributed by atoms with Gasteiger partial charge >= 0.3 is 0 Å². The molecule has 11 nitrogen and oxygen atoms in total. The second-order valence-corrected chi connectivity index (χ2v) is 9.20. The van der Waals surface area contributed by atoms with Crippen LogP contribution in [0.3, 0.4) is 0 Å². The van der Waals surface area contributed by atoms with Crippen molar-refractivity contribution < 1.29 is 14.3 Å². The zero-order chi connectivity index (χ0) is 25.4. The molecule has 1 aromatic carbocycles. The SMILES string of the molecule is C=CC(=O)N1CCCC(n2nc(-c3ccc(C(N)=O)c(Cl)c3N3CCOCC3)c3c(N)ncnc32)C1. The van der Waals surface area contributed by atoms with Crippen molar-refractivity contribution in [2.45, 2.75) is 18.9 Å². The minimum atomic E-state index is -0.617. The van der Waals surface area contributed by atoms with E-state index in [2.05, 4.69) is 21.4 Å². The third-order valence-corrected chi connectivity index (χ3v) is 7.09. The average Bonchev–Trinajstić information content (AvgIpc) is 3.29. The molecule has 4 heterocycles. The molecule has 1 atom stereocenters. The van der Waals surface area contributed by atoms with Gasteiger partial charge in [-0.2, -0.15) is 5.10 Å². The Kier molecular flexibility index (Phi) is 6.50. The predicted octanol–water partition coefficient (Wildman–Crippen LogP) is 2.01. The number of anilines is 2. The van der Waals surface area contributed by atoms with Gasteiger partial charge in [0.05, 0.1) is 40.9 Å². The molecule has 5 rings (SSSR count). The highest BCUT2D eigenvalue weighted by molar-refractivity contribution is 6.37. The molecule has 2 aliphatic heterocycles. The van der Waals surface area contributed by atoms with Gasteiger partial charge in [-0.1, -0.05) is 18.2 Å². The summed E-state index contributed by atoms with van der Waals surface area (Å²) in [5.41, 5.74) is 14.6. The summed E-state index contributed by atoms with van der Waals surface area (Å²) in [6.07, 6.45) is 4.37. The molecule has 1 unspecified atom stereocenters. The quantitative estimate of drug-likeness (QED) is 0.496. The lowest BCUT2D eigenvalue weighted by atomic mass is 10.0. The molecule has 2 fully saturated rings. The van der Waals surface area contributed by atoms with Gasteiger partial charge in [-0.05, 0) is 31.1 Å². The Balaban J connectivity index is 1.70. The van der Waals surface area contributed by atoms with E-state index in [-0.39, 0.29) is 28.4 Å². The van der Waals surface area contributed by atoms with E-state index in [4.69, 9.17) is 32.9 Å². The second-order valence-electron chi connectivity index (χ2n) is 8.82. The van der Waals surface area contributed by atoms with Gasteiger partial charge in [0.2, 0.25) is 11.8 Å². The van der Waals surface area contributed by atoms with E-state index in [1.54, 1.807) is 17.0 Å². The largest absolute Gasteiger partial charge is 0.383 e. The van der Waals surface area contributed by atoms with Crippen LogP contribution in [-0.4, -0.2) is 75.9 Å². The standard InChI is InChI=1S/C24H27ClN8O3/c1-2-17(34)32-7-3-4-14(12-32)33-24-18(22(26)28-13-29-24)20(30-33)16-6-5-15(23(27)35)19(25)21(16)31-8-10-36-11-9-31/h2,5-6,13-14H,1,3-4,7-12H2,(H2,27,35)(H2,26,28,29). The van der Waals surface area contributed by atoms with Crippen LogP contribution in [0.4, 0.5) is 11.5 Å². The summed E-state index contributed by atoms with van der Waals surface area (Å²) in [5, 5.41) is 5.81. The lowest BCUT2D eigenvalue weighted by Crippen LogP contribution is -2.40. The van der Waals surface area contributed by atoms with E-state index < -0.39 is 5.91 Å². The molecule has 0 bridgehead atoms. The number of ether oxygens (including phenoxy) is 1. The number of morpholine rings is 1. The van der Waals surface area contributed by atoms with Gasteiger partial charge in [-0.3, -0.25) is 9.59 Å². The summed E-state index contributed by atoms with van der Waals surface area (Å²) in [4.78, 5) is 36.9. The van der Waals surface area contributed by atoms with Crippen molar-refractivity contribution >= 4 is 46.0 Å². The smallest absolute Gasteiger partial charge is 0.250 e. The average molecular weight is 511 g/mol. The van der Waals surface area contributed by atoms with Crippen molar-refractivity contribution in [1.82, 2.24) is 24.6 Å². The monoisotopic (exact) mass is 510 g/mol. The van der Waals surface area contributed by atoms with Gasteiger partial charge in [0.15, 0.2) is 5.65 Å². The molecule has 0 radical (unpaired) electrons. The predicted molar refractivity (Wildman–Crippen MR) is 137 cm³/mol. The Morgan fingerprint density at radius 2 is 1.97 bits per heavy atom. The summed E-state index contributed by atoms with van der Waals surface area (Å²) in [5.74, 6) is -0.457. The van der Waals surface area contributed by atoms with Crippen molar-refractivity contribution in [3.8, 4) is 11.3 Å². The van der Waals surface area contributed by atoms with E-state index in [9.17, 15) is 9.59 Å². The topological polar surface area (TPSA) is 145 Å². The molecule has 188 valence electrons. The number of likely N-dealkylation sites (tertiary alicyclic amines) is 1. The number of benzene rings is 1. The summed E-state index contributed by atoms with van der Waals surface area (Å²) in [7, 11) is 0. The zero-order valence-electron chi connectivity index (χ0n) is 19.7. The van der Waals surface area contributed by atoms with Crippen molar-refractivity contribution in [3.05, 3.63) is 41.7 Å². The van der Waals surface area contributed by atoms with E-state index >= 15 is 0 Å². The molecular weight excluding hydrogens is 484 g/mol. The molecule has 4 N–H and O–H groups in total. The van der Waals surface area contributed by atoms with E-state index in [0.29, 0.717) is 67.4 Å². The number of rotatable bonds is 5. The lowest BCUT2D eigenvalue weighted by Gasteiger charge is -2.32. The highest BCUT2D eigenvalue weighted by Gasteiger charge is 2.30. The zero-order valence-corrected chi connectivity index (χ0v) is 20.4. The first kappa shape index (κ1) is 24.0. The Morgan fingerprint density at radius 3 is 2.69 bits per heavy atom. The molecule has 3 aromatic rings. The number of carbonyl (C=O) groups excluding carboxylic acids is 2. The highest BCUT2D eigenvalue weighted by atomic mass is 35.5. The molecule has 36 heavy (non-hydrogen) atoms. The van der Waals surface area contributed by atoms with Crippen molar-refractivity contribution in [3.63, 3.8) is 0 Å². The van der Waals surface area contributed by atoms with Gasteiger partial charge in [0, 0.05) is 31.7 Å². The van der Waals surface area contributed by atoms with Gasteiger partial charge in [-0.15, -0.1) is 0 Å². The summed E-state index contributed by atoms with van der Waals surface area (Å²) >= 11 is 6.77. The number of amides is 2. The van der Waals surface area contributed by atoms with Crippen molar-refractivity contribution in [2.24, 2.45) is 5.73 Å². The molecule has 0 saturated carbocycles. The Labute approximate surface area is 212 Å². The van der Waals surface area contributed by atoms with Crippen LogP contribution in [0, 0.1) is 0 Å². The maximum absolute atomic E-state index is 12.3. The first-order chi connectivity index (χ1) is 17.4. The number of aromatic nitrogens is 4. The summed E-state index contributed by atoms with van der Waals surface area (Å²) in [6.45, 7) is 6.96. The van der Waals surface area contributed by atoms with E-state index in [0.717, 1.165) is 12.8 Å². The van der Waals surface area contributed by atoms with Crippen LogP contribution in [0.1, 0.15) is 29.2 Å². The van der Waals surface area contributed by atoms with Gasteiger partial charge in [0.25, 0.3) is 0 Å². The maximum Gasteiger partial charge on any atom is 0.250 e. The third kappa shape index (κ3) is 4.14. The normalized spacial score (nSPS) is 18.4. The van der Waals surface area contributed by atoms with Crippen LogP contribution in [0.15, 0.2) is 31.1 Å². The van der Waals surface area contributed by atoms with Crippen LogP contribution in [0.2, 0.25) is 5.02 Å². The number of halogens is 1. The van der Waals surface area contributed by atoms with Crippen LogP contribution in [0.25, 0.3) is 22.3 Å². The molecule has 0 spiro atoms. The number of nitrogen functional groups attached to an aromatic ring is 1. The van der Waals surface area contributed by atoms with Gasteiger partial charge < -0.3 is 26.0 Å². The van der Waals surface area contributed by atoms with E-state index in [1.165, 1.54) is 12.4 Å². The minimum absolute atomic E-state index is 0.111. The molecule has 2 aromatic heterocycles. The Hall–Kier alpha value is -3.70. The molecule has 2 amide bonds. The fourth-order valence-electron chi connectivity index (χ4n) is 4.96.